The van der Waals surface area contributed by atoms with Gasteiger partial charge in [0.1, 0.15) is 0 Å². The van der Waals surface area contributed by atoms with Crippen molar-refractivity contribution in [3.05, 3.63) is 34.9 Å². The quantitative estimate of drug-likeness (QED) is 0.924. The normalized spacial score (nSPS) is 15.2. The van der Waals surface area contributed by atoms with Crippen molar-refractivity contribution in [1.82, 2.24) is 10.2 Å². The fourth-order valence-corrected chi connectivity index (χ4v) is 2.30. The number of carbonyl (C=O) groups is 1. The van der Waals surface area contributed by atoms with Crippen LogP contribution in [0.15, 0.2) is 24.3 Å². The molecule has 3 nitrogen and oxygen atoms in total. The largest absolute Gasteiger partial charge is 0.351 e. The molecular formula is C13H18Cl2N2O. The van der Waals surface area contributed by atoms with Gasteiger partial charge in [-0.25, -0.2) is 0 Å². The summed E-state index contributed by atoms with van der Waals surface area (Å²) < 4.78 is 0. The number of hydrogen-bond donors (Lipinski definition) is 1. The predicted octanol–water partition coefficient (Wildman–Crippen LogP) is 2.59. The molecule has 0 saturated carbocycles. The molecule has 1 saturated heterocycles. The second-order valence-corrected chi connectivity index (χ2v) is 4.69. The average molecular weight is 289 g/mol. The Morgan fingerprint density at radius 1 is 1.28 bits per heavy atom. The number of halogens is 2. The van der Waals surface area contributed by atoms with Gasteiger partial charge in [0.2, 0.25) is 0 Å². The van der Waals surface area contributed by atoms with Gasteiger partial charge < -0.3 is 10.2 Å². The summed E-state index contributed by atoms with van der Waals surface area (Å²) in [4.78, 5) is 14.2. The van der Waals surface area contributed by atoms with Gasteiger partial charge in [-0.3, -0.25) is 4.79 Å². The summed E-state index contributed by atoms with van der Waals surface area (Å²) in [5.41, 5.74) is 0.551. The maximum atomic E-state index is 11.8. The predicted molar refractivity (Wildman–Crippen MR) is 76.7 cm³/mol. The van der Waals surface area contributed by atoms with E-state index in [1.54, 1.807) is 12.1 Å². The molecule has 0 aromatic heterocycles. The smallest absolute Gasteiger partial charge is 0.252 e. The van der Waals surface area contributed by atoms with Crippen LogP contribution in [0.1, 0.15) is 23.2 Å². The van der Waals surface area contributed by atoms with Crippen molar-refractivity contribution in [3.63, 3.8) is 0 Å². The molecule has 1 aromatic rings. The molecule has 1 aliphatic rings. The number of nitrogens with zero attached hydrogens (tertiary/aromatic N) is 1. The number of carbonyl (C=O) groups excluding carboxylic acids is 1. The van der Waals surface area contributed by atoms with Crippen molar-refractivity contribution in [1.29, 1.82) is 0 Å². The molecule has 1 aromatic carbocycles. The number of hydrogen-bond acceptors (Lipinski definition) is 2. The Kier molecular flexibility index (Phi) is 6.47. The molecule has 100 valence electrons. The number of likely N-dealkylation sites (tertiary alicyclic amines) is 1. The van der Waals surface area contributed by atoms with Crippen molar-refractivity contribution >= 4 is 29.9 Å². The Balaban J connectivity index is 0.00000162. The van der Waals surface area contributed by atoms with Crippen LogP contribution >= 0.6 is 24.0 Å². The average Bonchev–Trinajstić information content (AvgIpc) is 2.82. The molecule has 0 radical (unpaired) electrons. The Labute approximate surface area is 119 Å². The highest BCUT2D eigenvalue weighted by molar-refractivity contribution is 6.33. The lowest BCUT2D eigenvalue weighted by molar-refractivity contribution is 0.0950. The maximum absolute atomic E-state index is 11.8. The lowest BCUT2D eigenvalue weighted by Gasteiger charge is -2.14. The summed E-state index contributed by atoms with van der Waals surface area (Å²) in [5.74, 6) is -0.0882. The van der Waals surface area contributed by atoms with E-state index in [-0.39, 0.29) is 18.3 Å². The standard InChI is InChI=1S/C13H17ClN2O.ClH/c14-12-6-2-1-5-11(12)13(17)15-7-10-16-8-3-4-9-16;/h1-2,5-6H,3-4,7-10H2,(H,15,17);1H. The molecule has 0 spiro atoms. The zero-order valence-electron chi connectivity index (χ0n) is 10.2. The first-order chi connectivity index (χ1) is 8.27. The van der Waals surface area contributed by atoms with Crippen LogP contribution in [0.25, 0.3) is 0 Å². The van der Waals surface area contributed by atoms with E-state index in [0.29, 0.717) is 17.1 Å². The van der Waals surface area contributed by atoms with Crippen LogP contribution in [0.5, 0.6) is 0 Å². The molecule has 1 fully saturated rings. The molecular weight excluding hydrogens is 271 g/mol. The van der Waals surface area contributed by atoms with Crippen LogP contribution in [0, 0.1) is 0 Å². The molecule has 1 aliphatic heterocycles. The Hall–Kier alpha value is -0.770. The molecule has 5 heteroatoms. The first-order valence-electron chi connectivity index (χ1n) is 6.02. The van der Waals surface area contributed by atoms with Crippen molar-refractivity contribution < 1.29 is 4.79 Å². The highest BCUT2D eigenvalue weighted by atomic mass is 35.5. The Morgan fingerprint density at radius 3 is 2.61 bits per heavy atom. The van der Waals surface area contributed by atoms with E-state index in [9.17, 15) is 4.79 Å². The van der Waals surface area contributed by atoms with Crippen molar-refractivity contribution in [2.75, 3.05) is 26.2 Å². The zero-order valence-corrected chi connectivity index (χ0v) is 11.8. The second kappa shape index (κ2) is 7.62. The van der Waals surface area contributed by atoms with Gasteiger partial charge in [-0.2, -0.15) is 0 Å². The van der Waals surface area contributed by atoms with Crippen LogP contribution in [-0.4, -0.2) is 37.0 Å². The van der Waals surface area contributed by atoms with E-state index in [1.807, 2.05) is 12.1 Å². The third kappa shape index (κ3) is 4.16. The number of rotatable bonds is 4. The first-order valence-corrected chi connectivity index (χ1v) is 6.40. The van der Waals surface area contributed by atoms with Gasteiger partial charge >= 0.3 is 0 Å². The third-order valence-electron chi connectivity index (χ3n) is 3.03. The van der Waals surface area contributed by atoms with E-state index in [0.717, 1.165) is 19.6 Å². The lowest BCUT2D eigenvalue weighted by atomic mass is 10.2. The van der Waals surface area contributed by atoms with E-state index in [1.165, 1.54) is 12.8 Å². The van der Waals surface area contributed by atoms with Gasteiger partial charge in [0.15, 0.2) is 0 Å². The van der Waals surface area contributed by atoms with Crippen molar-refractivity contribution in [3.8, 4) is 0 Å². The van der Waals surface area contributed by atoms with Gasteiger partial charge in [-0.15, -0.1) is 12.4 Å². The lowest BCUT2D eigenvalue weighted by Crippen LogP contribution is -2.33. The highest BCUT2D eigenvalue weighted by Crippen LogP contribution is 2.14. The fraction of sp³-hybridized carbons (Fsp3) is 0.462. The van der Waals surface area contributed by atoms with Gasteiger partial charge in [0.25, 0.3) is 5.91 Å². The first kappa shape index (κ1) is 15.3. The molecule has 18 heavy (non-hydrogen) atoms. The summed E-state index contributed by atoms with van der Waals surface area (Å²) in [6.07, 6.45) is 2.55. The van der Waals surface area contributed by atoms with Gasteiger partial charge in [0, 0.05) is 13.1 Å². The van der Waals surface area contributed by atoms with Crippen molar-refractivity contribution in [2.24, 2.45) is 0 Å². The number of nitrogens with one attached hydrogen (secondary N) is 1. The fourth-order valence-electron chi connectivity index (χ4n) is 2.07. The van der Waals surface area contributed by atoms with E-state index in [4.69, 9.17) is 11.6 Å². The molecule has 0 bridgehead atoms. The van der Waals surface area contributed by atoms with E-state index in [2.05, 4.69) is 10.2 Å². The molecule has 1 N–H and O–H groups in total. The van der Waals surface area contributed by atoms with Crippen LogP contribution in [0.3, 0.4) is 0 Å². The van der Waals surface area contributed by atoms with Gasteiger partial charge in [-0.1, -0.05) is 23.7 Å². The second-order valence-electron chi connectivity index (χ2n) is 4.28. The van der Waals surface area contributed by atoms with Crippen LogP contribution < -0.4 is 5.32 Å². The third-order valence-corrected chi connectivity index (χ3v) is 3.36. The number of benzene rings is 1. The molecule has 0 aliphatic carbocycles. The summed E-state index contributed by atoms with van der Waals surface area (Å²) in [6.45, 7) is 3.92. The van der Waals surface area contributed by atoms with Crippen molar-refractivity contribution in [2.45, 2.75) is 12.8 Å². The van der Waals surface area contributed by atoms with Crippen LogP contribution in [0.2, 0.25) is 5.02 Å². The summed E-state index contributed by atoms with van der Waals surface area (Å²) in [6, 6.07) is 7.12. The van der Waals surface area contributed by atoms with E-state index >= 15 is 0 Å². The van der Waals surface area contributed by atoms with Gasteiger partial charge in [0.05, 0.1) is 10.6 Å². The molecule has 1 heterocycles. The SMILES string of the molecule is Cl.O=C(NCCN1CCCC1)c1ccccc1Cl. The summed E-state index contributed by atoms with van der Waals surface area (Å²) in [7, 11) is 0. The summed E-state index contributed by atoms with van der Waals surface area (Å²) in [5, 5.41) is 3.41. The summed E-state index contributed by atoms with van der Waals surface area (Å²) >= 11 is 5.95. The molecule has 0 atom stereocenters. The Bertz CT molecular complexity index is 392. The molecule has 2 rings (SSSR count). The number of amides is 1. The maximum Gasteiger partial charge on any atom is 0.252 e. The zero-order chi connectivity index (χ0) is 12.1. The Morgan fingerprint density at radius 2 is 1.94 bits per heavy atom. The monoisotopic (exact) mass is 288 g/mol. The minimum atomic E-state index is -0.0882. The van der Waals surface area contributed by atoms with Gasteiger partial charge in [-0.05, 0) is 38.1 Å². The van der Waals surface area contributed by atoms with Crippen LogP contribution in [0.4, 0.5) is 0 Å². The minimum absolute atomic E-state index is 0. The van der Waals surface area contributed by atoms with Crippen LogP contribution in [-0.2, 0) is 0 Å². The topological polar surface area (TPSA) is 32.3 Å². The molecule has 0 unspecified atom stereocenters. The van der Waals surface area contributed by atoms with E-state index < -0.39 is 0 Å². The highest BCUT2D eigenvalue weighted by Gasteiger charge is 2.12. The molecule has 1 amide bonds. The minimum Gasteiger partial charge on any atom is -0.351 e.